The van der Waals surface area contributed by atoms with Crippen LogP contribution in [0, 0.1) is 0 Å². The van der Waals surface area contributed by atoms with Crippen LogP contribution in [-0.2, 0) is 9.59 Å². The van der Waals surface area contributed by atoms with Crippen molar-refractivity contribution in [1.29, 1.82) is 0 Å². The Kier molecular flexibility index (Phi) is 5.90. The van der Waals surface area contributed by atoms with Crippen LogP contribution in [0.25, 0.3) is 0 Å². The number of nitrogens with zero attached hydrogens (tertiary/aromatic N) is 2. The van der Waals surface area contributed by atoms with Crippen molar-refractivity contribution in [2.75, 3.05) is 19.6 Å². The summed E-state index contributed by atoms with van der Waals surface area (Å²) in [6.45, 7) is 2.65. The van der Waals surface area contributed by atoms with Crippen molar-refractivity contribution >= 4 is 17.7 Å². The molecule has 0 radical (unpaired) electrons. The smallest absolute Gasteiger partial charge is 0.290 e. The first-order valence-corrected chi connectivity index (χ1v) is 9.32. The van der Waals surface area contributed by atoms with Crippen LogP contribution in [0.15, 0.2) is 10.6 Å². The average Bonchev–Trinajstić information content (AvgIpc) is 3.31. The molecule has 0 atom stereocenters. The molecule has 2 N–H and O–H groups in total. The summed E-state index contributed by atoms with van der Waals surface area (Å²) >= 11 is 0. The summed E-state index contributed by atoms with van der Waals surface area (Å²) in [5, 5.41) is 9.59. The topological polar surface area (TPSA) is 105 Å². The molecule has 1 aliphatic heterocycles. The van der Waals surface area contributed by atoms with Gasteiger partial charge in [0.25, 0.3) is 5.91 Å². The summed E-state index contributed by atoms with van der Waals surface area (Å²) in [5.74, 6) is -0.0408. The van der Waals surface area contributed by atoms with E-state index in [0.29, 0.717) is 13.1 Å². The number of amides is 3. The van der Waals surface area contributed by atoms with Crippen LogP contribution in [0.4, 0.5) is 0 Å². The number of aromatic nitrogens is 1. The lowest BCUT2D eigenvalue weighted by molar-refractivity contribution is -0.133. The second-order valence-electron chi connectivity index (χ2n) is 7.14. The average molecular weight is 362 g/mol. The molecule has 0 aromatic carbocycles. The summed E-state index contributed by atoms with van der Waals surface area (Å²) in [6, 6.07) is 1.97. The maximum atomic E-state index is 12.2. The zero-order valence-corrected chi connectivity index (χ0v) is 15.1. The van der Waals surface area contributed by atoms with E-state index in [1.165, 1.54) is 6.92 Å². The Hall–Kier alpha value is -2.38. The zero-order chi connectivity index (χ0) is 18.5. The second-order valence-corrected chi connectivity index (χ2v) is 7.14. The monoisotopic (exact) mass is 362 g/mol. The second kappa shape index (κ2) is 8.33. The Morgan fingerprint density at radius 2 is 1.88 bits per heavy atom. The molecule has 1 saturated heterocycles. The van der Waals surface area contributed by atoms with Crippen LogP contribution in [-0.4, -0.2) is 53.5 Å². The molecule has 3 amide bonds. The molecule has 0 bridgehead atoms. The fourth-order valence-corrected chi connectivity index (χ4v) is 3.65. The molecule has 2 aliphatic rings. The molecule has 8 nitrogen and oxygen atoms in total. The fraction of sp³-hybridized carbons (Fsp3) is 0.667. The number of rotatable bonds is 5. The largest absolute Gasteiger partial charge is 0.351 e. The highest BCUT2D eigenvalue weighted by atomic mass is 16.5. The van der Waals surface area contributed by atoms with Crippen LogP contribution < -0.4 is 10.6 Å². The van der Waals surface area contributed by atoms with Crippen molar-refractivity contribution in [3.8, 4) is 0 Å². The molecule has 1 aromatic heterocycles. The van der Waals surface area contributed by atoms with Gasteiger partial charge in [0, 0.05) is 38.0 Å². The molecule has 2 fully saturated rings. The van der Waals surface area contributed by atoms with E-state index in [4.69, 9.17) is 4.52 Å². The minimum absolute atomic E-state index is 0.0371. The number of hydrogen-bond donors (Lipinski definition) is 2. The van der Waals surface area contributed by atoms with Crippen molar-refractivity contribution in [3.05, 3.63) is 17.5 Å². The molecule has 26 heavy (non-hydrogen) atoms. The van der Waals surface area contributed by atoms with E-state index in [1.54, 1.807) is 11.0 Å². The van der Waals surface area contributed by atoms with Gasteiger partial charge in [0.15, 0.2) is 0 Å². The zero-order valence-electron chi connectivity index (χ0n) is 15.1. The maximum Gasteiger partial charge on any atom is 0.290 e. The molecule has 0 unspecified atom stereocenters. The third-order valence-electron chi connectivity index (χ3n) is 5.20. The minimum atomic E-state index is -0.209. The van der Waals surface area contributed by atoms with E-state index in [1.807, 2.05) is 0 Å². The fourth-order valence-electron chi connectivity index (χ4n) is 3.65. The minimum Gasteiger partial charge on any atom is -0.351 e. The predicted molar refractivity (Wildman–Crippen MR) is 93.5 cm³/mol. The quantitative estimate of drug-likeness (QED) is 0.819. The third kappa shape index (κ3) is 4.62. The van der Waals surface area contributed by atoms with Gasteiger partial charge in [-0.05, 0) is 25.7 Å². The van der Waals surface area contributed by atoms with E-state index in [2.05, 4.69) is 15.8 Å². The lowest BCUT2D eigenvalue weighted by atomic mass is 9.93. The standard InChI is InChI=1S/C18H26N4O4/c1-12(23)19-11-17(24)22-8-6-13(7-9-22)15-10-16(26-21-15)18(25)20-14-4-2-3-5-14/h10,13-14H,2-9,11H2,1H3,(H,19,23)(H,20,25). The maximum absolute atomic E-state index is 12.2. The van der Waals surface area contributed by atoms with Crippen molar-refractivity contribution in [1.82, 2.24) is 20.7 Å². The first-order valence-electron chi connectivity index (χ1n) is 9.32. The van der Waals surface area contributed by atoms with Gasteiger partial charge in [-0.2, -0.15) is 0 Å². The molecular weight excluding hydrogens is 336 g/mol. The van der Waals surface area contributed by atoms with Crippen molar-refractivity contribution in [2.45, 2.75) is 57.4 Å². The van der Waals surface area contributed by atoms with E-state index < -0.39 is 0 Å². The van der Waals surface area contributed by atoms with Crippen molar-refractivity contribution < 1.29 is 18.9 Å². The van der Waals surface area contributed by atoms with Gasteiger partial charge < -0.3 is 20.1 Å². The Morgan fingerprint density at radius 3 is 2.54 bits per heavy atom. The Labute approximate surface area is 152 Å². The highest BCUT2D eigenvalue weighted by molar-refractivity contribution is 5.91. The Morgan fingerprint density at radius 1 is 1.19 bits per heavy atom. The van der Waals surface area contributed by atoms with Gasteiger partial charge in [0.05, 0.1) is 12.2 Å². The summed E-state index contributed by atoms with van der Waals surface area (Å²) in [4.78, 5) is 36.9. The van der Waals surface area contributed by atoms with E-state index >= 15 is 0 Å². The number of piperidine rings is 1. The number of hydrogen-bond acceptors (Lipinski definition) is 5. The van der Waals surface area contributed by atoms with Gasteiger partial charge in [0.1, 0.15) is 0 Å². The van der Waals surface area contributed by atoms with Gasteiger partial charge in [0.2, 0.25) is 17.6 Å². The van der Waals surface area contributed by atoms with Gasteiger partial charge in [-0.25, -0.2) is 0 Å². The molecule has 1 saturated carbocycles. The van der Waals surface area contributed by atoms with E-state index in [9.17, 15) is 14.4 Å². The van der Waals surface area contributed by atoms with Gasteiger partial charge in [-0.15, -0.1) is 0 Å². The van der Waals surface area contributed by atoms with Crippen LogP contribution in [0.1, 0.15) is 67.6 Å². The molecule has 142 valence electrons. The van der Waals surface area contributed by atoms with Crippen LogP contribution in [0.3, 0.4) is 0 Å². The molecule has 1 aliphatic carbocycles. The van der Waals surface area contributed by atoms with Crippen molar-refractivity contribution in [2.24, 2.45) is 0 Å². The summed E-state index contributed by atoms with van der Waals surface area (Å²) in [6.07, 6.45) is 5.90. The Bertz CT molecular complexity index is 658. The van der Waals surface area contributed by atoms with E-state index in [-0.39, 0.29) is 42.0 Å². The number of carbonyl (C=O) groups excluding carboxylic acids is 3. The number of likely N-dealkylation sites (tertiary alicyclic amines) is 1. The highest BCUT2D eigenvalue weighted by Crippen LogP contribution is 2.28. The molecule has 8 heteroatoms. The SMILES string of the molecule is CC(=O)NCC(=O)N1CCC(c2cc(C(=O)NC3CCCC3)on2)CC1. The lowest BCUT2D eigenvalue weighted by Crippen LogP contribution is -2.43. The predicted octanol–water partition coefficient (Wildman–Crippen LogP) is 1.19. The lowest BCUT2D eigenvalue weighted by Gasteiger charge is -2.31. The number of nitrogens with one attached hydrogen (secondary N) is 2. The Balaban J connectivity index is 1.49. The molecule has 2 heterocycles. The summed E-state index contributed by atoms with van der Waals surface area (Å²) < 4.78 is 5.24. The molecular formula is C18H26N4O4. The molecule has 0 spiro atoms. The van der Waals surface area contributed by atoms with E-state index in [0.717, 1.165) is 44.2 Å². The summed E-state index contributed by atoms with van der Waals surface area (Å²) in [7, 11) is 0. The summed E-state index contributed by atoms with van der Waals surface area (Å²) in [5.41, 5.74) is 0.774. The van der Waals surface area contributed by atoms with Crippen LogP contribution in [0.2, 0.25) is 0 Å². The van der Waals surface area contributed by atoms with Crippen molar-refractivity contribution in [3.63, 3.8) is 0 Å². The molecule has 1 aromatic rings. The first kappa shape index (κ1) is 18.4. The first-order chi connectivity index (χ1) is 12.5. The van der Waals surface area contributed by atoms with Gasteiger partial charge in [-0.1, -0.05) is 18.0 Å². The third-order valence-corrected chi connectivity index (χ3v) is 5.20. The van der Waals surface area contributed by atoms with Gasteiger partial charge >= 0.3 is 0 Å². The van der Waals surface area contributed by atoms with Crippen LogP contribution >= 0.6 is 0 Å². The van der Waals surface area contributed by atoms with Gasteiger partial charge in [-0.3, -0.25) is 14.4 Å². The number of carbonyl (C=O) groups is 3. The normalized spacial score (nSPS) is 18.7. The van der Waals surface area contributed by atoms with Crippen LogP contribution in [0.5, 0.6) is 0 Å². The molecule has 3 rings (SSSR count). The highest BCUT2D eigenvalue weighted by Gasteiger charge is 2.27.